The van der Waals surface area contributed by atoms with Gasteiger partial charge >= 0.3 is 5.97 Å². The molecule has 0 atom stereocenters. The second-order valence-electron chi connectivity index (χ2n) is 5.64. The molecule has 0 radical (unpaired) electrons. The maximum absolute atomic E-state index is 12.8. The standard InChI is InChI=1S/C19H17NO3/c1-13-6-5-9-16-18(13)20(12-17(21)22)11-15(19(16)23)10-14-7-3-2-4-8-14/h2-9,11H,10,12H2,1H3,(H,21,22). The fraction of sp³-hybridized carbons (Fsp3) is 0.158. The number of para-hydroxylation sites is 1. The lowest BCUT2D eigenvalue weighted by Gasteiger charge is -2.13. The Balaban J connectivity index is 2.21. The highest BCUT2D eigenvalue weighted by molar-refractivity contribution is 5.84. The van der Waals surface area contributed by atoms with Gasteiger partial charge in [0.15, 0.2) is 5.43 Å². The Kier molecular flexibility index (Phi) is 3.98. The van der Waals surface area contributed by atoms with E-state index in [0.29, 0.717) is 22.9 Å². The molecule has 0 aliphatic heterocycles. The molecule has 0 fully saturated rings. The number of pyridine rings is 1. The van der Waals surface area contributed by atoms with E-state index in [-0.39, 0.29) is 12.0 Å². The topological polar surface area (TPSA) is 59.3 Å². The van der Waals surface area contributed by atoms with Crippen molar-refractivity contribution < 1.29 is 9.90 Å². The minimum atomic E-state index is -0.927. The van der Waals surface area contributed by atoms with Gasteiger partial charge in [0.2, 0.25) is 0 Å². The fourth-order valence-corrected chi connectivity index (χ4v) is 2.92. The molecule has 23 heavy (non-hydrogen) atoms. The van der Waals surface area contributed by atoms with Crippen molar-refractivity contribution in [3.8, 4) is 0 Å². The van der Waals surface area contributed by atoms with Gasteiger partial charge in [-0.25, -0.2) is 0 Å². The van der Waals surface area contributed by atoms with E-state index in [4.69, 9.17) is 5.11 Å². The van der Waals surface area contributed by atoms with E-state index in [9.17, 15) is 9.59 Å². The predicted octanol–water partition coefficient (Wildman–Crippen LogP) is 2.99. The first kappa shape index (κ1) is 15.0. The smallest absolute Gasteiger partial charge is 0.323 e. The maximum atomic E-state index is 12.8. The van der Waals surface area contributed by atoms with Crippen LogP contribution in [-0.2, 0) is 17.8 Å². The summed E-state index contributed by atoms with van der Waals surface area (Å²) in [6, 6.07) is 15.2. The summed E-state index contributed by atoms with van der Waals surface area (Å²) in [6.07, 6.45) is 2.17. The Morgan fingerprint density at radius 2 is 1.83 bits per heavy atom. The molecule has 0 aliphatic rings. The van der Waals surface area contributed by atoms with Gasteiger partial charge in [-0.1, -0.05) is 42.5 Å². The number of aryl methyl sites for hydroxylation is 1. The van der Waals surface area contributed by atoms with Gasteiger partial charge in [0, 0.05) is 23.6 Å². The molecule has 0 saturated heterocycles. The SMILES string of the molecule is Cc1cccc2c(=O)c(Cc3ccccc3)cn(CC(=O)O)c12. The Hall–Kier alpha value is -2.88. The van der Waals surface area contributed by atoms with Crippen molar-refractivity contribution in [1.29, 1.82) is 0 Å². The molecule has 116 valence electrons. The molecule has 3 aromatic rings. The third-order valence-corrected chi connectivity index (χ3v) is 3.92. The molecule has 0 amide bonds. The average molecular weight is 307 g/mol. The summed E-state index contributed by atoms with van der Waals surface area (Å²) in [4.78, 5) is 23.9. The molecule has 1 heterocycles. The number of nitrogens with zero attached hydrogens (tertiary/aromatic N) is 1. The molecule has 1 aromatic heterocycles. The van der Waals surface area contributed by atoms with Gasteiger partial charge in [0.1, 0.15) is 6.54 Å². The van der Waals surface area contributed by atoms with E-state index in [1.807, 2.05) is 49.4 Å². The Morgan fingerprint density at radius 3 is 2.52 bits per heavy atom. The van der Waals surface area contributed by atoms with E-state index in [1.54, 1.807) is 16.8 Å². The van der Waals surface area contributed by atoms with Crippen LogP contribution in [0.25, 0.3) is 10.9 Å². The number of carbonyl (C=O) groups is 1. The molecular formula is C19H17NO3. The fourth-order valence-electron chi connectivity index (χ4n) is 2.92. The van der Waals surface area contributed by atoms with Crippen molar-refractivity contribution >= 4 is 16.9 Å². The molecule has 4 heteroatoms. The van der Waals surface area contributed by atoms with Crippen LogP contribution in [0, 0.1) is 6.92 Å². The lowest BCUT2D eigenvalue weighted by atomic mass is 10.0. The van der Waals surface area contributed by atoms with E-state index in [2.05, 4.69) is 0 Å². The highest BCUT2D eigenvalue weighted by Crippen LogP contribution is 2.18. The van der Waals surface area contributed by atoms with Crippen molar-refractivity contribution in [2.45, 2.75) is 19.9 Å². The summed E-state index contributed by atoms with van der Waals surface area (Å²) in [5.74, 6) is -0.927. The van der Waals surface area contributed by atoms with Gasteiger partial charge in [-0.2, -0.15) is 0 Å². The summed E-state index contributed by atoms with van der Waals surface area (Å²) >= 11 is 0. The molecule has 0 aliphatic carbocycles. The van der Waals surface area contributed by atoms with E-state index in [1.165, 1.54) is 0 Å². The van der Waals surface area contributed by atoms with Gasteiger partial charge in [-0.15, -0.1) is 0 Å². The third-order valence-electron chi connectivity index (χ3n) is 3.92. The van der Waals surface area contributed by atoms with Crippen LogP contribution in [-0.4, -0.2) is 15.6 Å². The molecule has 3 rings (SSSR count). The lowest BCUT2D eigenvalue weighted by Crippen LogP contribution is -2.18. The van der Waals surface area contributed by atoms with Crippen LogP contribution in [0.2, 0.25) is 0 Å². The Morgan fingerprint density at radius 1 is 1.09 bits per heavy atom. The predicted molar refractivity (Wildman–Crippen MR) is 89.8 cm³/mol. The second kappa shape index (κ2) is 6.08. The lowest BCUT2D eigenvalue weighted by molar-refractivity contribution is -0.137. The van der Waals surface area contributed by atoms with Crippen LogP contribution in [0.4, 0.5) is 0 Å². The van der Waals surface area contributed by atoms with Crippen molar-refractivity contribution in [2.24, 2.45) is 0 Å². The molecule has 4 nitrogen and oxygen atoms in total. The van der Waals surface area contributed by atoms with Gasteiger partial charge in [-0.05, 0) is 24.1 Å². The van der Waals surface area contributed by atoms with Crippen LogP contribution in [0.15, 0.2) is 59.5 Å². The molecular weight excluding hydrogens is 290 g/mol. The molecule has 0 spiro atoms. The Bertz CT molecular complexity index is 926. The third kappa shape index (κ3) is 3.01. The van der Waals surface area contributed by atoms with E-state index in [0.717, 1.165) is 11.1 Å². The van der Waals surface area contributed by atoms with Gasteiger partial charge in [0.25, 0.3) is 0 Å². The first-order valence-electron chi connectivity index (χ1n) is 7.43. The second-order valence-corrected chi connectivity index (χ2v) is 5.64. The largest absolute Gasteiger partial charge is 0.480 e. The summed E-state index contributed by atoms with van der Waals surface area (Å²) in [5, 5.41) is 9.74. The summed E-state index contributed by atoms with van der Waals surface area (Å²) in [6.45, 7) is 1.72. The normalized spacial score (nSPS) is 10.8. The number of carboxylic acids is 1. The van der Waals surface area contributed by atoms with Crippen LogP contribution >= 0.6 is 0 Å². The minimum Gasteiger partial charge on any atom is -0.480 e. The average Bonchev–Trinajstić information content (AvgIpc) is 2.52. The highest BCUT2D eigenvalue weighted by Gasteiger charge is 2.13. The first-order valence-corrected chi connectivity index (χ1v) is 7.43. The van der Waals surface area contributed by atoms with Crippen LogP contribution < -0.4 is 5.43 Å². The minimum absolute atomic E-state index is 0.0332. The van der Waals surface area contributed by atoms with Gasteiger partial charge in [-0.3, -0.25) is 9.59 Å². The zero-order valence-corrected chi connectivity index (χ0v) is 12.8. The number of rotatable bonds is 4. The molecule has 0 saturated carbocycles. The zero-order chi connectivity index (χ0) is 16.4. The number of hydrogen-bond donors (Lipinski definition) is 1. The number of benzene rings is 2. The molecule has 2 aromatic carbocycles. The van der Waals surface area contributed by atoms with Crippen molar-refractivity contribution in [3.63, 3.8) is 0 Å². The quantitative estimate of drug-likeness (QED) is 0.806. The number of carboxylic acid groups (broad SMARTS) is 1. The number of aromatic nitrogens is 1. The van der Waals surface area contributed by atoms with Crippen LogP contribution in [0.1, 0.15) is 16.7 Å². The van der Waals surface area contributed by atoms with E-state index >= 15 is 0 Å². The van der Waals surface area contributed by atoms with Gasteiger partial charge < -0.3 is 9.67 Å². The van der Waals surface area contributed by atoms with Crippen LogP contribution in [0.5, 0.6) is 0 Å². The zero-order valence-electron chi connectivity index (χ0n) is 12.8. The van der Waals surface area contributed by atoms with Crippen LogP contribution in [0.3, 0.4) is 0 Å². The molecule has 1 N–H and O–H groups in total. The highest BCUT2D eigenvalue weighted by atomic mass is 16.4. The Labute approximate surface area is 133 Å². The van der Waals surface area contributed by atoms with Gasteiger partial charge in [0.05, 0.1) is 5.52 Å². The van der Waals surface area contributed by atoms with Crippen molar-refractivity contribution in [3.05, 3.63) is 81.6 Å². The van der Waals surface area contributed by atoms with Crippen molar-refractivity contribution in [2.75, 3.05) is 0 Å². The maximum Gasteiger partial charge on any atom is 0.323 e. The summed E-state index contributed by atoms with van der Waals surface area (Å²) in [7, 11) is 0. The summed E-state index contributed by atoms with van der Waals surface area (Å²) < 4.78 is 1.66. The first-order chi connectivity index (χ1) is 11.1. The van der Waals surface area contributed by atoms with Crippen molar-refractivity contribution in [1.82, 2.24) is 4.57 Å². The number of fused-ring (bicyclic) bond motifs is 1. The number of hydrogen-bond acceptors (Lipinski definition) is 2. The number of aliphatic carboxylic acids is 1. The summed E-state index contributed by atoms with van der Waals surface area (Å²) in [5.41, 5.74) is 3.19. The molecule has 0 bridgehead atoms. The van der Waals surface area contributed by atoms with E-state index < -0.39 is 5.97 Å². The monoisotopic (exact) mass is 307 g/mol. The molecule has 0 unspecified atom stereocenters.